The number of aromatic nitrogens is 3. The first-order valence-electron chi connectivity index (χ1n) is 8.51. The Morgan fingerprint density at radius 3 is 2.52 bits per heavy atom. The fourth-order valence-electron chi connectivity index (χ4n) is 2.24. The zero-order valence-electron chi connectivity index (χ0n) is 15.8. The topological polar surface area (TPSA) is 39.9 Å². The Bertz CT molecular complexity index is 805. The Hall–Kier alpha value is -2.19. The second kappa shape index (κ2) is 8.22. The highest BCUT2D eigenvalue weighted by Crippen LogP contribution is 2.31. The van der Waals surface area contributed by atoms with Crippen molar-refractivity contribution in [2.45, 2.75) is 38.6 Å². The maximum absolute atomic E-state index is 13.1. The van der Waals surface area contributed by atoms with Crippen LogP contribution in [0, 0.1) is 0 Å². The van der Waals surface area contributed by atoms with E-state index < -0.39 is 19.9 Å². The molecule has 0 aliphatic rings. The van der Waals surface area contributed by atoms with E-state index in [1.807, 2.05) is 0 Å². The summed E-state index contributed by atoms with van der Waals surface area (Å²) in [4.78, 5) is 7.98. The first-order chi connectivity index (χ1) is 12.5. The van der Waals surface area contributed by atoms with E-state index >= 15 is 0 Å². The molecule has 0 aliphatic heterocycles. The fraction of sp³-hybridized carbons (Fsp3) is 0.368. The van der Waals surface area contributed by atoms with Crippen LogP contribution < -0.4 is 0 Å². The van der Waals surface area contributed by atoms with Crippen molar-refractivity contribution >= 4 is 13.6 Å². The van der Waals surface area contributed by atoms with Crippen LogP contribution in [0.2, 0.25) is 25.7 Å². The van der Waals surface area contributed by atoms with Crippen molar-refractivity contribution in [1.82, 2.24) is 14.5 Å². The summed E-state index contributed by atoms with van der Waals surface area (Å²) in [5.74, 6) is 0.165. The van der Waals surface area contributed by atoms with E-state index in [0.717, 1.165) is 12.2 Å². The molecule has 2 aromatic rings. The lowest BCUT2D eigenvalue weighted by atomic mass is 10.1. The van der Waals surface area contributed by atoms with Crippen LogP contribution in [0.15, 0.2) is 43.8 Å². The molecule has 0 aliphatic carbocycles. The van der Waals surface area contributed by atoms with Gasteiger partial charge in [-0.15, -0.1) is 0 Å². The van der Waals surface area contributed by atoms with Gasteiger partial charge < -0.3 is 9.30 Å². The third-order valence-electron chi connectivity index (χ3n) is 3.89. The van der Waals surface area contributed by atoms with E-state index in [2.05, 4.69) is 42.8 Å². The van der Waals surface area contributed by atoms with Gasteiger partial charge in [0.1, 0.15) is 12.6 Å². The van der Waals surface area contributed by atoms with E-state index in [9.17, 15) is 13.2 Å². The molecule has 2 heterocycles. The van der Waals surface area contributed by atoms with Gasteiger partial charge in [0.25, 0.3) is 0 Å². The summed E-state index contributed by atoms with van der Waals surface area (Å²) in [6.45, 7) is 14.6. The number of hydrogen-bond acceptors (Lipinski definition) is 3. The first-order valence-corrected chi connectivity index (χ1v) is 12.2. The minimum absolute atomic E-state index is 0.00398. The van der Waals surface area contributed by atoms with E-state index in [1.54, 1.807) is 18.2 Å². The Labute approximate surface area is 158 Å². The van der Waals surface area contributed by atoms with Crippen LogP contribution in [0.3, 0.4) is 0 Å². The van der Waals surface area contributed by atoms with Crippen LogP contribution >= 0.6 is 0 Å². The van der Waals surface area contributed by atoms with Gasteiger partial charge in [-0.25, -0.2) is 4.98 Å². The second-order valence-corrected chi connectivity index (χ2v) is 13.0. The van der Waals surface area contributed by atoms with Crippen LogP contribution in [0.5, 0.6) is 0 Å². The molecule has 0 radical (unpaired) electrons. The number of pyridine rings is 1. The fourth-order valence-corrected chi connectivity index (χ4v) is 3.00. The largest absolute Gasteiger partial charge is 0.434 e. The summed E-state index contributed by atoms with van der Waals surface area (Å²) in [5.41, 5.74) is 0.760. The first kappa shape index (κ1) is 21.1. The van der Waals surface area contributed by atoms with Crippen LogP contribution in [-0.2, 0) is 17.6 Å². The predicted octanol–water partition coefficient (Wildman–Crippen LogP) is 5.48. The number of halogens is 3. The summed E-state index contributed by atoms with van der Waals surface area (Å²) >= 11 is 0. The summed E-state index contributed by atoms with van der Waals surface area (Å²) in [5, 5.41) is 0. The average Bonchev–Trinajstić information content (AvgIpc) is 3.02. The quantitative estimate of drug-likeness (QED) is 0.338. The molecule has 2 rings (SSSR count). The van der Waals surface area contributed by atoms with Crippen LogP contribution in [0.4, 0.5) is 13.2 Å². The number of alkyl halides is 3. The molecule has 146 valence electrons. The van der Waals surface area contributed by atoms with Crippen molar-refractivity contribution < 1.29 is 17.9 Å². The van der Waals surface area contributed by atoms with Crippen LogP contribution in [-0.4, -0.2) is 29.2 Å². The van der Waals surface area contributed by atoms with E-state index in [4.69, 9.17) is 4.74 Å². The lowest BCUT2D eigenvalue weighted by molar-refractivity contribution is -0.141. The summed E-state index contributed by atoms with van der Waals surface area (Å²) in [6.07, 6.45) is -0.509. The van der Waals surface area contributed by atoms with Crippen molar-refractivity contribution in [3.63, 3.8) is 0 Å². The molecular formula is C19H24F3N3OSi. The summed E-state index contributed by atoms with van der Waals surface area (Å²) < 4.78 is 46.3. The maximum atomic E-state index is 13.1. The van der Waals surface area contributed by atoms with Crippen molar-refractivity contribution in [2.75, 3.05) is 6.61 Å². The highest BCUT2D eigenvalue weighted by molar-refractivity contribution is 6.76. The van der Waals surface area contributed by atoms with Crippen LogP contribution in [0.25, 0.3) is 17.0 Å². The normalized spacial score (nSPS) is 12.2. The number of allylic oxidation sites excluding steroid dienone is 2. The van der Waals surface area contributed by atoms with Gasteiger partial charge in [-0.05, 0) is 23.7 Å². The van der Waals surface area contributed by atoms with Crippen molar-refractivity contribution in [3.05, 3.63) is 55.1 Å². The monoisotopic (exact) mass is 395 g/mol. The van der Waals surface area contributed by atoms with Gasteiger partial charge in [-0.2, -0.15) is 13.2 Å². The van der Waals surface area contributed by atoms with Crippen molar-refractivity contribution in [3.8, 4) is 11.4 Å². The molecule has 0 spiro atoms. The molecule has 0 bridgehead atoms. The van der Waals surface area contributed by atoms with E-state index in [-0.39, 0.29) is 12.6 Å². The zero-order valence-corrected chi connectivity index (χ0v) is 16.8. The lowest BCUT2D eigenvalue weighted by Crippen LogP contribution is -2.22. The lowest BCUT2D eigenvalue weighted by Gasteiger charge is -2.16. The number of rotatable bonds is 8. The zero-order chi connectivity index (χ0) is 20.2. The maximum Gasteiger partial charge on any atom is 0.434 e. The molecular weight excluding hydrogens is 371 g/mol. The molecule has 0 saturated heterocycles. The van der Waals surface area contributed by atoms with Gasteiger partial charge in [0, 0.05) is 32.6 Å². The number of hydrogen-bond donors (Lipinski definition) is 0. The van der Waals surface area contributed by atoms with E-state index in [0.29, 0.717) is 23.4 Å². The summed E-state index contributed by atoms with van der Waals surface area (Å²) in [7, 11) is -1.27. The van der Waals surface area contributed by atoms with Crippen molar-refractivity contribution in [1.29, 1.82) is 0 Å². The Morgan fingerprint density at radius 1 is 1.30 bits per heavy atom. The average molecular weight is 396 g/mol. The Kier molecular flexibility index (Phi) is 6.43. The van der Waals surface area contributed by atoms with Gasteiger partial charge in [0.05, 0.1) is 5.69 Å². The molecule has 8 heteroatoms. The highest BCUT2D eigenvalue weighted by atomic mass is 28.3. The Morgan fingerprint density at radius 2 is 2.00 bits per heavy atom. The minimum Gasteiger partial charge on any atom is -0.361 e. The van der Waals surface area contributed by atoms with Crippen LogP contribution in [0.1, 0.15) is 11.4 Å². The molecule has 0 amide bonds. The number of nitrogens with zero attached hydrogens (tertiary/aromatic N) is 3. The van der Waals surface area contributed by atoms with Gasteiger partial charge in [0.2, 0.25) is 0 Å². The molecule has 27 heavy (non-hydrogen) atoms. The second-order valence-electron chi connectivity index (χ2n) is 7.43. The molecule has 2 aromatic heterocycles. The predicted molar refractivity (Wildman–Crippen MR) is 104 cm³/mol. The van der Waals surface area contributed by atoms with Gasteiger partial charge in [-0.1, -0.05) is 38.9 Å². The number of ether oxygens (including phenoxy) is 1. The smallest absolute Gasteiger partial charge is 0.361 e. The van der Waals surface area contributed by atoms with E-state index in [1.165, 1.54) is 10.8 Å². The third kappa shape index (κ3) is 5.90. The van der Waals surface area contributed by atoms with Gasteiger partial charge >= 0.3 is 6.18 Å². The highest BCUT2D eigenvalue weighted by Gasteiger charge is 2.35. The van der Waals surface area contributed by atoms with Gasteiger partial charge in [-0.3, -0.25) is 4.98 Å². The molecule has 0 fully saturated rings. The molecule has 4 nitrogen and oxygen atoms in total. The molecule has 0 aromatic carbocycles. The standard InChI is InChI=1S/C19H24F3N3OSi/c1-6-14(2)16-8-7-15(11-23-16)18-24-17(19(20,21)22)12-25(18)13-26-9-10-27(3,4)5/h6-8,11-12H,1-2,9-10,13H2,3-5H3. The summed E-state index contributed by atoms with van der Waals surface area (Å²) in [6, 6.07) is 4.28. The molecule has 0 N–H and O–H groups in total. The van der Waals surface area contributed by atoms with Gasteiger partial charge in [0.15, 0.2) is 5.69 Å². The molecule has 0 saturated carbocycles. The third-order valence-corrected chi connectivity index (χ3v) is 5.59. The minimum atomic E-state index is -4.52. The number of imidazole rings is 1. The molecule has 0 atom stereocenters. The Balaban J connectivity index is 2.26. The van der Waals surface area contributed by atoms with Crippen molar-refractivity contribution in [2.24, 2.45) is 0 Å². The molecule has 0 unspecified atom stereocenters. The SMILES string of the molecule is C=CC(=C)c1ccc(-c2nc(C(F)(F)F)cn2COCC[Si](C)(C)C)cn1.